The Labute approximate surface area is 113 Å². The topological polar surface area (TPSA) is 77.8 Å². The number of carboxylic acid groups (broad SMARTS) is 1. The van der Waals surface area contributed by atoms with E-state index in [1.54, 1.807) is 4.90 Å². The molecule has 5 nitrogen and oxygen atoms in total. The Balaban J connectivity index is 2.00. The molecule has 0 spiro atoms. The summed E-state index contributed by atoms with van der Waals surface area (Å²) in [5.41, 5.74) is -1.68. The fourth-order valence-corrected chi connectivity index (χ4v) is 3.31. The first-order valence-electron chi connectivity index (χ1n) is 6.78. The van der Waals surface area contributed by atoms with Crippen LogP contribution in [0.2, 0.25) is 0 Å². The average Bonchev–Trinajstić information content (AvgIpc) is 2.69. The molecule has 1 aliphatic carbocycles. The zero-order valence-electron chi connectivity index (χ0n) is 12.1. The SMILES string of the molecule is CC1(C)C(C(=O)N2CCC(O)(C(=O)O)CC2)C1(C)C. The molecule has 0 unspecified atom stereocenters. The third-order valence-electron chi connectivity index (χ3n) is 5.57. The molecule has 0 radical (unpaired) electrons. The second kappa shape index (κ2) is 3.95. The largest absolute Gasteiger partial charge is 0.479 e. The number of piperidine rings is 1. The maximum Gasteiger partial charge on any atom is 0.335 e. The molecule has 0 bridgehead atoms. The number of carbonyl (C=O) groups excluding carboxylic acids is 1. The summed E-state index contributed by atoms with van der Waals surface area (Å²) in [6.45, 7) is 9.01. The predicted molar refractivity (Wildman–Crippen MR) is 69.5 cm³/mol. The van der Waals surface area contributed by atoms with Gasteiger partial charge in [-0.25, -0.2) is 4.79 Å². The lowest BCUT2D eigenvalue weighted by Gasteiger charge is -2.35. The Morgan fingerprint density at radius 1 is 1.05 bits per heavy atom. The lowest BCUT2D eigenvalue weighted by Crippen LogP contribution is -2.51. The van der Waals surface area contributed by atoms with Gasteiger partial charge in [0.1, 0.15) is 0 Å². The molecule has 0 atom stereocenters. The van der Waals surface area contributed by atoms with Gasteiger partial charge in [0.05, 0.1) is 0 Å². The lowest BCUT2D eigenvalue weighted by molar-refractivity contribution is -0.165. The van der Waals surface area contributed by atoms with Gasteiger partial charge in [-0.1, -0.05) is 27.7 Å². The summed E-state index contributed by atoms with van der Waals surface area (Å²) in [7, 11) is 0. The summed E-state index contributed by atoms with van der Waals surface area (Å²) in [6.07, 6.45) is 0.225. The van der Waals surface area contributed by atoms with Crippen LogP contribution in [0.15, 0.2) is 0 Å². The van der Waals surface area contributed by atoms with Crippen LogP contribution < -0.4 is 0 Å². The number of hydrogen-bond donors (Lipinski definition) is 2. The van der Waals surface area contributed by atoms with Gasteiger partial charge in [-0.15, -0.1) is 0 Å². The summed E-state index contributed by atoms with van der Waals surface area (Å²) < 4.78 is 0. The predicted octanol–water partition coefficient (Wildman–Crippen LogP) is 1.11. The van der Waals surface area contributed by atoms with Crippen molar-refractivity contribution < 1.29 is 19.8 Å². The number of carbonyl (C=O) groups is 2. The van der Waals surface area contributed by atoms with E-state index >= 15 is 0 Å². The first-order valence-corrected chi connectivity index (χ1v) is 6.78. The molecule has 1 amide bonds. The number of rotatable bonds is 2. The van der Waals surface area contributed by atoms with E-state index in [-0.39, 0.29) is 35.5 Å². The fourth-order valence-electron chi connectivity index (χ4n) is 3.31. The van der Waals surface area contributed by atoms with Crippen molar-refractivity contribution in [1.29, 1.82) is 0 Å². The van der Waals surface area contributed by atoms with Gasteiger partial charge in [0.2, 0.25) is 5.91 Å². The molecule has 2 fully saturated rings. The Morgan fingerprint density at radius 3 is 1.79 bits per heavy atom. The van der Waals surface area contributed by atoms with Crippen LogP contribution in [-0.2, 0) is 9.59 Å². The van der Waals surface area contributed by atoms with Gasteiger partial charge in [-0.2, -0.15) is 0 Å². The lowest BCUT2D eigenvalue weighted by atomic mass is 9.91. The summed E-state index contributed by atoms with van der Waals surface area (Å²) >= 11 is 0. The van der Waals surface area contributed by atoms with Crippen molar-refractivity contribution in [3.8, 4) is 0 Å². The van der Waals surface area contributed by atoms with Crippen LogP contribution in [0.1, 0.15) is 40.5 Å². The Kier molecular flexibility index (Phi) is 2.97. The second-order valence-corrected chi connectivity index (χ2v) is 7.04. The van der Waals surface area contributed by atoms with Gasteiger partial charge in [-0.3, -0.25) is 4.79 Å². The quantitative estimate of drug-likeness (QED) is 0.787. The van der Waals surface area contributed by atoms with Crippen molar-refractivity contribution in [2.75, 3.05) is 13.1 Å². The van der Waals surface area contributed by atoms with E-state index in [0.29, 0.717) is 13.1 Å². The van der Waals surface area contributed by atoms with Gasteiger partial charge in [0.25, 0.3) is 0 Å². The molecule has 2 aliphatic rings. The summed E-state index contributed by atoms with van der Waals surface area (Å²) in [6, 6.07) is 0. The molecule has 2 N–H and O–H groups in total. The van der Waals surface area contributed by atoms with Gasteiger partial charge in [0, 0.05) is 31.8 Å². The van der Waals surface area contributed by atoms with E-state index < -0.39 is 11.6 Å². The van der Waals surface area contributed by atoms with E-state index in [4.69, 9.17) is 5.11 Å². The first-order chi connectivity index (χ1) is 8.54. The molecule has 0 aromatic rings. The Bertz CT molecular complexity index is 405. The molecule has 5 heteroatoms. The minimum atomic E-state index is -1.66. The molecule has 0 aromatic heterocycles. The Morgan fingerprint density at radius 2 is 1.47 bits per heavy atom. The van der Waals surface area contributed by atoms with E-state index in [1.165, 1.54) is 0 Å². The van der Waals surface area contributed by atoms with E-state index in [0.717, 1.165) is 0 Å². The minimum absolute atomic E-state index is 0.00368. The average molecular weight is 269 g/mol. The molecule has 1 saturated heterocycles. The van der Waals surface area contributed by atoms with Crippen molar-refractivity contribution in [3.63, 3.8) is 0 Å². The van der Waals surface area contributed by atoms with Gasteiger partial charge in [-0.05, 0) is 10.8 Å². The number of nitrogens with zero attached hydrogens (tertiary/aromatic N) is 1. The highest BCUT2D eigenvalue weighted by Gasteiger charge is 2.69. The molecule has 108 valence electrons. The van der Waals surface area contributed by atoms with Crippen LogP contribution in [0.25, 0.3) is 0 Å². The number of aliphatic hydroxyl groups is 1. The van der Waals surface area contributed by atoms with Crippen molar-refractivity contribution in [2.24, 2.45) is 16.7 Å². The molecule has 1 aliphatic heterocycles. The molecule has 1 heterocycles. The van der Waals surface area contributed by atoms with Gasteiger partial charge >= 0.3 is 5.97 Å². The standard InChI is InChI=1S/C14H23NO4/c1-12(2)9(13(12,3)4)10(16)15-7-5-14(19,6-8-15)11(17)18/h9,19H,5-8H2,1-4H3,(H,17,18). The molecule has 2 rings (SSSR count). The zero-order valence-corrected chi connectivity index (χ0v) is 12.1. The van der Waals surface area contributed by atoms with Crippen molar-refractivity contribution >= 4 is 11.9 Å². The van der Waals surface area contributed by atoms with Gasteiger partial charge in [0.15, 0.2) is 5.60 Å². The number of aliphatic carboxylic acids is 1. The van der Waals surface area contributed by atoms with Crippen LogP contribution >= 0.6 is 0 Å². The summed E-state index contributed by atoms with van der Waals surface area (Å²) in [5.74, 6) is -1.09. The van der Waals surface area contributed by atoms with Crippen molar-refractivity contribution in [3.05, 3.63) is 0 Å². The number of amides is 1. The number of carboxylic acids is 1. The van der Waals surface area contributed by atoms with Crippen molar-refractivity contribution in [2.45, 2.75) is 46.1 Å². The summed E-state index contributed by atoms with van der Waals surface area (Å²) in [5, 5.41) is 18.8. The second-order valence-electron chi connectivity index (χ2n) is 7.04. The third kappa shape index (κ3) is 1.95. The van der Waals surface area contributed by atoms with Crippen LogP contribution in [0.4, 0.5) is 0 Å². The normalized spacial score (nSPS) is 27.9. The van der Waals surface area contributed by atoms with Crippen LogP contribution in [0, 0.1) is 16.7 Å². The zero-order chi connectivity index (χ0) is 14.6. The van der Waals surface area contributed by atoms with Crippen LogP contribution in [0.5, 0.6) is 0 Å². The third-order valence-corrected chi connectivity index (χ3v) is 5.57. The maximum atomic E-state index is 12.5. The van der Waals surface area contributed by atoms with E-state index in [9.17, 15) is 14.7 Å². The van der Waals surface area contributed by atoms with E-state index in [1.807, 2.05) is 0 Å². The highest BCUT2D eigenvalue weighted by atomic mass is 16.4. The Hall–Kier alpha value is -1.10. The highest BCUT2D eigenvalue weighted by molar-refractivity contribution is 5.85. The molecule has 19 heavy (non-hydrogen) atoms. The number of likely N-dealkylation sites (tertiary alicyclic amines) is 1. The highest BCUT2D eigenvalue weighted by Crippen LogP contribution is 2.68. The first kappa shape index (κ1) is 14.3. The minimum Gasteiger partial charge on any atom is -0.479 e. The summed E-state index contributed by atoms with van der Waals surface area (Å²) in [4.78, 5) is 25.1. The van der Waals surface area contributed by atoms with E-state index in [2.05, 4.69) is 27.7 Å². The smallest absolute Gasteiger partial charge is 0.335 e. The molecule has 0 aromatic carbocycles. The van der Waals surface area contributed by atoms with Crippen molar-refractivity contribution in [1.82, 2.24) is 4.90 Å². The molecular weight excluding hydrogens is 246 g/mol. The van der Waals surface area contributed by atoms with Crippen LogP contribution in [-0.4, -0.2) is 45.7 Å². The molecule has 1 saturated carbocycles. The number of hydrogen-bond acceptors (Lipinski definition) is 3. The maximum absolute atomic E-state index is 12.5. The van der Waals surface area contributed by atoms with Gasteiger partial charge < -0.3 is 15.1 Å². The fraction of sp³-hybridized carbons (Fsp3) is 0.857. The van der Waals surface area contributed by atoms with Crippen LogP contribution in [0.3, 0.4) is 0 Å². The molecular formula is C14H23NO4. The monoisotopic (exact) mass is 269 g/mol.